The largest absolute Gasteiger partial charge is 0.342 e. The number of amides is 2. The highest BCUT2D eigenvalue weighted by atomic mass is 19.1. The van der Waals surface area contributed by atoms with Crippen molar-refractivity contribution < 1.29 is 14.0 Å². The molecule has 0 aromatic rings. The third-order valence-corrected chi connectivity index (χ3v) is 3.28. The lowest BCUT2D eigenvalue weighted by Gasteiger charge is -2.42. The zero-order chi connectivity index (χ0) is 13.9. The Balaban J connectivity index is 2.93. The maximum Gasteiger partial charge on any atom is 0.246 e. The van der Waals surface area contributed by atoms with E-state index in [9.17, 15) is 14.0 Å². The predicted octanol–water partition coefficient (Wildman–Crippen LogP) is 1.35. The van der Waals surface area contributed by atoms with Gasteiger partial charge in [-0.2, -0.15) is 0 Å². The van der Waals surface area contributed by atoms with Crippen LogP contribution in [-0.4, -0.2) is 42.0 Å². The molecule has 1 aliphatic rings. The van der Waals surface area contributed by atoms with Crippen LogP contribution < -0.4 is 5.32 Å². The highest BCUT2D eigenvalue weighted by Gasteiger charge is 2.42. The van der Waals surface area contributed by atoms with Crippen molar-refractivity contribution >= 4 is 11.8 Å². The maximum absolute atomic E-state index is 12.3. The first-order valence-corrected chi connectivity index (χ1v) is 6.57. The van der Waals surface area contributed by atoms with Crippen molar-refractivity contribution in [3.05, 3.63) is 0 Å². The Morgan fingerprint density at radius 3 is 2.28 bits per heavy atom. The van der Waals surface area contributed by atoms with E-state index in [0.29, 0.717) is 6.54 Å². The molecule has 1 heterocycles. The van der Waals surface area contributed by atoms with Gasteiger partial charge >= 0.3 is 0 Å². The fourth-order valence-electron chi connectivity index (χ4n) is 2.35. The highest BCUT2D eigenvalue weighted by molar-refractivity contribution is 5.97. The number of hydrogen-bond donors (Lipinski definition) is 1. The summed E-state index contributed by atoms with van der Waals surface area (Å²) in [7, 11) is 0. The third kappa shape index (κ3) is 3.00. The summed E-state index contributed by atoms with van der Waals surface area (Å²) in [6.07, 6.45) is 0.285. The van der Waals surface area contributed by atoms with Gasteiger partial charge in [0, 0.05) is 6.54 Å². The molecular formula is C13H23FN2O2. The minimum Gasteiger partial charge on any atom is -0.342 e. The van der Waals surface area contributed by atoms with Crippen molar-refractivity contribution in [2.45, 2.75) is 46.2 Å². The van der Waals surface area contributed by atoms with E-state index in [4.69, 9.17) is 0 Å². The van der Waals surface area contributed by atoms with Crippen LogP contribution in [0, 0.1) is 11.8 Å². The Morgan fingerprint density at radius 2 is 1.83 bits per heavy atom. The molecule has 1 aliphatic heterocycles. The molecule has 0 aromatic heterocycles. The average Bonchev–Trinajstić information content (AvgIpc) is 2.28. The lowest BCUT2D eigenvalue weighted by molar-refractivity contribution is -0.152. The van der Waals surface area contributed by atoms with Gasteiger partial charge in [-0.25, -0.2) is 0 Å². The van der Waals surface area contributed by atoms with E-state index in [1.54, 1.807) is 4.90 Å². The van der Waals surface area contributed by atoms with Gasteiger partial charge in [0.05, 0.1) is 6.67 Å². The number of rotatable bonds is 5. The van der Waals surface area contributed by atoms with Gasteiger partial charge in [0.1, 0.15) is 12.1 Å². The number of carbonyl (C=O) groups is 2. The summed E-state index contributed by atoms with van der Waals surface area (Å²) in [5, 5.41) is 2.78. The summed E-state index contributed by atoms with van der Waals surface area (Å²) in [6, 6.07) is -0.953. The smallest absolute Gasteiger partial charge is 0.246 e. The number of nitrogens with zero attached hydrogens (tertiary/aromatic N) is 1. The van der Waals surface area contributed by atoms with Crippen LogP contribution in [0.1, 0.15) is 34.1 Å². The second-order valence-corrected chi connectivity index (χ2v) is 5.49. The molecule has 2 amide bonds. The Kier molecular flexibility index (Phi) is 5.11. The van der Waals surface area contributed by atoms with Crippen LogP contribution in [0.2, 0.25) is 0 Å². The van der Waals surface area contributed by atoms with Gasteiger partial charge < -0.3 is 10.2 Å². The van der Waals surface area contributed by atoms with Crippen LogP contribution in [0.3, 0.4) is 0 Å². The standard InChI is InChI=1S/C13H23FN2O2/c1-8(2)10-13(18)16(7-5-6-14)11(9(3)4)12(17)15-10/h8-11H,5-7H2,1-4H3,(H,15,17). The fourth-order valence-corrected chi connectivity index (χ4v) is 2.35. The molecule has 104 valence electrons. The summed E-state index contributed by atoms with van der Waals surface area (Å²) in [4.78, 5) is 25.9. The SMILES string of the molecule is CC(C)C1NC(=O)C(C(C)C)N(CCCF)C1=O. The van der Waals surface area contributed by atoms with Crippen LogP contribution >= 0.6 is 0 Å². The van der Waals surface area contributed by atoms with Crippen LogP contribution in [0.15, 0.2) is 0 Å². The normalized spacial score (nSPS) is 24.9. The van der Waals surface area contributed by atoms with Gasteiger partial charge in [-0.3, -0.25) is 14.0 Å². The van der Waals surface area contributed by atoms with Gasteiger partial charge in [0.25, 0.3) is 0 Å². The van der Waals surface area contributed by atoms with Crippen molar-refractivity contribution in [2.75, 3.05) is 13.2 Å². The average molecular weight is 258 g/mol. The quantitative estimate of drug-likeness (QED) is 0.809. The summed E-state index contributed by atoms with van der Waals surface area (Å²) in [6.45, 7) is 7.43. The molecule has 0 radical (unpaired) electrons. The number of hydrogen-bond acceptors (Lipinski definition) is 2. The molecule has 0 bridgehead atoms. The Labute approximate surface area is 108 Å². The van der Waals surface area contributed by atoms with Crippen molar-refractivity contribution in [1.82, 2.24) is 10.2 Å². The molecule has 1 saturated heterocycles. The van der Waals surface area contributed by atoms with E-state index >= 15 is 0 Å². The minimum absolute atomic E-state index is 0.0293. The first kappa shape index (κ1) is 14.9. The van der Waals surface area contributed by atoms with Crippen LogP contribution in [0.4, 0.5) is 4.39 Å². The molecule has 1 fully saturated rings. The number of nitrogens with one attached hydrogen (secondary N) is 1. The fraction of sp³-hybridized carbons (Fsp3) is 0.846. The molecule has 2 atom stereocenters. The highest BCUT2D eigenvalue weighted by Crippen LogP contribution is 2.20. The topological polar surface area (TPSA) is 49.4 Å². The van der Waals surface area contributed by atoms with Crippen molar-refractivity contribution in [3.63, 3.8) is 0 Å². The van der Waals surface area contributed by atoms with E-state index in [1.807, 2.05) is 27.7 Å². The van der Waals surface area contributed by atoms with E-state index in [1.165, 1.54) is 0 Å². The number of piperazine rings is 1. The summed E-state index contributed by atoms with van der Waals surface area (Å²) in [5.41, 5.74) is 0. The molecule has 5 heteroatoms. The molecule has 1 rings (SSSR count). The van der Waals surface area contributed by atoms with Crippen LogP contribution in [0.25, 0.3) is 0 Å². The molecule has 0 saturated carbocycles. The molecule has 0 spiro atoms. The first-order chi connectivity index (χ1) is 8.40. The minimum atomic E-state index is -0.480. The molecule has 2 unspecified atom stereocenters. The van der Waals surface area contributed by atoms with Crippen molar-refractivity contribution in [3.8, 4) is 0 Å². The van der Waals surface area contributed by atoms with Crippen LogP contribution in [-0.2, 0) is 9.59 Å². The number of halogens is 1. The molecule has 0 aliphatic carbocycles. The van der Waals surface area contributed by atoms with Crippen molar-refractivity contribution in [1.29, 1.82) is 0 Å². The number of alkyl halides is 1. The lowest BCUT2D eigenvalue weighted by atomic mass is 9.93. The zero-order valence-corrected chi connectivity index (χ0v) is 11.6. The number of carbonyl (C=O) groups excluding carboxylic acids is 2. The Hall–Kier alpha value is -1.13. The van der Waals surface area contributed by atoms with Gasteiger partial charge in [-0.1, -0.05) is 27.7 Å². The van der Waals surface area contributed by atoms with Gasteiger partial charge in [0.2, 0.25) is 11.8 Å². The lowest BCUT2D eigenvalue weighted by Crippen LogP contribution is -2.66. The Morgan fingerprint density at radius 1 is 1.22 bits per heavy atom. The molecule has 0 aromatic carbocycles. The molecule has 18 heavy (non-hydrogen) atoms. The summed E-state index contributed by atoms with van der Waals surface area (Å²) < 4.78 is 12.3. The van der Waals surface area contributed by atoms with E-state index in [2.05, 4.69) is 5.32 Å². The molecule has 1 N–H and O–H groups in total. The zero-order valence-electron chi connectivity index (χ0n) is 11.6. The second kappa shape index (κ2) is 6.16. The third-order valence-electron chi connectivity index (χ3n) is 3.28. The predicted molar refractivity (Wildman–Crippen MR) is 67.7 cm³/mol. The molecular weight excluding hydrogens is 235 g/mol. The van der Waals surface area contributed by atoms with Crippen molar-refractivity contribution in [2.24, 2.45) is 11.8 Å². The monoisotopic (exact) mass is 258 g/mol. The van der Waals surface area contributed by atoms with E-state index in [0.717, 1.165) is 0 Å². The van der Waals surface area contributed by atoms with Gasteiger partial charge in [-0.05, 0) is 18.3 Å². The van der Waals surface area contributed by atoms with Gasteiger partial charge in [-0.15, -0.1) is 0 Å². The maximum atomic E-state index is 12.3. The van der Waals surface area contributed by atoms with E-state index in [-0.39, 0.29) is 30.1 Å². The first-order valence-electron chi connectivity index (χ1n) is 6.57. The van der Waals surface area contributed by atoms with Crippen LogP contribution in [0.5, 0.6) is 0 Å². The molecule has 4 nitrogen and oxygen atoms in total. The van der Waals surface area contributed by atoms with E-state index < -0.39 is 18.8 Å². The van der Waals surface area contributed by atoms with Gasteiger partial charge in [0.15, 0.2) is 0 Å². The Bertz CT molecular complexity index is 318. The summed E-state index contributed by atoms with van der Waals surface area (Å²) in [5.74, 6) is -0.136. The summed E-state index contributed by atoms with van der Waals surface area (Å²) >= 11 is 0. The second-order valence-electron chi connectivity index (χ2n) is 5.49.